The molecule has 37 heavy (non-hydrogen) atoms. The fourth-order valence-electron chi connectivity index (χ4n) is 5.27. The van der Waals surface area contributed by atoms with E-state index in [1.54, 1.807) is 30.3 Å². The molecule has 2 aliphatic rings. The minimum Gasteiger partial charge on any atom is -0.469 e. The fourth-order valence-corrected chi connectivity index (χ4v) is 5.80. The largest absolute Gasteiger partial charge is 0.469 e. The van der Waals surface area contributed by atoms with Gasteiger partial charge in [0.15, 0.2) is 0 Å². The van der Waals surface area contributed by atoms with Gasteiger partial charge in [-0.3, -0.25) is 19.4 Å². The summed E-state index contributed by atoms with van der Waals surface area (Å²) in [5.41, 5.74) is 1.87. The van der Waals surface area contributed by atoms with Gasteiger partial charge in [0.1, 0.15) is 11.4 Å². The maximum atomic E-state index is 14.0. The Morgan fingerprint density at radius 1 is 1.11 bits per heavy atom. The SMILES string of the molecule is CCCC(c1ccc(C(=O)NCCC(=O)OC)cc1)N1C(=O)C(c2cc(Cl)cc(Cl)c2)=NC12CCCC2. The van der Waals surface area contributed by atoms with Crippen molar-refractivity contribution in [1.82, 2.24) is 10.2 Å². The van der Waals surface area contributed by atoms with Gasteiger partial charge in [0.2, 0.25) is 0 Å². The molecule has 0 radical (unpaired) electrons. The van der Waals surface area contributed by atoms with Crippen molar-refractivity contribution >= 4 is 46.7 Å². The first kappa shape index (κ1) is 27.1. The summed E-state index contributed by atoms with van der Waals surface area (Å²) in [7, 11) is 1.31. The lowest BCUT2D eigenvalue weighted by Crippen LogP contribution is -2.47. The van der Waals surface area contributed by atoms with Crippen molar-refractivity contribution < 1.29 is 19.1 Å². The second-order valence-electron chi connectivity index (χ2n) is 9.49. The van der Waals surface area contributed by atoms with E-state index >= 15 is 0 Å². The van der Waals surface area contributed by atoms with Gasteiger partial charge in [-0.2, -0.15) is 0 Å². The van der Waals surface area contributed by atoms with Crippen LogP contribution in [0.3, 0.4) is 0 Å². The smallest absolute Gasteiger partial charge is 0.307 e. The molecule has 0 aromatic heterocycles. The highest BCUT2D eigenvalue weighted by Crippen LogP contribution is 2.46. The highest BCUT2D eigenvalue weighted by Gasteiger charge is 2.51. The number of halogens is 2. The summed E-state index contributed by atoms with van der Waals surface area (Å²) >= 11 is 12.5. The van der Waals surface area contributed by atoms with Crippen molar-refractivity contribution in [2.45, 2.75) is 63.6 Å². The van der Waals surface area contributed by atoms with Crippen LogP contribution in [-0.2, 0) is 14.3 Å². The van der Waals surface area contributed by atoms with E-state index in [1.807, 2.05) is 17.0 Å². The van der Waals surface area contributed by atoms with Crippen molar-refractivity contribution in [3.05, 3.63) is 69.2 Å². The number of ether oxygens (including phenoxy) is 1. The van der Waals surface area contributed by atoms with Crippen molar-refractivity contribution in [3.63, 3.8) is 0 Å². The number of nitrogens with one attached hydrogen (secondary N) is 1. The van der Waals surface area contributed by atoms with Gasteiger partial charge in [0.25, 0.3) is 11.8 Å². The first-order valence-corrected chi connectivity index (χ1v) is 13.4. The van der Waals surface area contributed by atoms with E-state index in [1.165, 1.54) is 7.11 Å². The minimum atomic E-state index is -0.592. The zero-order valence-corrected chi connectivity index (χ0v) is 22.6. The standard InChI is InChI=1S/C28H31Cl2N3O4/c1-3-6-23(18-7-9-19(10-8-18)26(35)31-14-11-24(34)37-2)33-27(36)25(32-28(33)12-4-5-13-28)20-15-21(29)17-22(30)16-20/h7-10,15-17,23H,3-6,11-14H2,1-2H3,(H,31,35). The molecule has 1 aliphatic heterocycles. The van der Waals surface area contributed by atoms with Crippen LogP contribution in [0.5, 0.6) is 0 Å². The molecule has 1 fully saturated rings. The molecular weight excluding hydrogens is 513 g/mol. The third-order valence-corrected chi connectivity index (χ3v) is 7.44. The Hall–Kier alpha value is -2.90. The Labute approximate surface area is 227 Å². The van der Waals surface area contributed by atoms with Gasteiger partial charge in [-0.05, 0) is 68.0 Å². The minimum absolute atomic E-state index is 0.109. The molecular formula is C28H31Cl2N3O4. The average Bonchev–Trinajstić information content (AvgIpc) is 3.46. The number of benzene rings is 2. The molecule has 1 heterocycles. The molecule has 4 rings (SSSR count). The van der Waals surface area contributed by atoms with E-state index in [0.717, 1.165) is 44.1 Å². The molecule has 196 valence electrons. The van der Waals surface area contributed by atoms with Crippen LogP contribution >= 0.6 is 23.2 Å². The Morgan fingerprint density at radius 2 is 1.76 bits per heavy atom. The monoisotopic (exact) mass is 543 g/mol. The number of nitrogens with zero attached hydrogens (tertiary/aromatic N) is 2. The van der Waals surface area contributed by atoms with Crippen LogP contribution in [-0.4, -0.2) is 47.7 Å². The first-order valence-electron chi connectivity index (χ1n) is 12.6. The maximum absolute atomic E-state index is 14.0. The van der Waals surface area contributed by atoms with Crippen molar-refractivity contribution in [2.75, 3.05) is 13.7 Å². The average molecular weight is 544 g/mol. The molecule has 1 aliphatic carbocycles. The van der Waals surface area contributed by atoms with Crippen LogP contribution in [0.2, 0.25) is 10.0 Å². The molecule has 2 aromatic rings. The normalized spacial score (nSPS) is 17.1. The topological polar surface area (TPSA) is 88.1 Å². The summed E-state index contributed by atoms with van der Waals surface area (Å²) in [5, 5.41) is 3.65. The second kappa shape index (κ2) is 11.7. The zero-order chi connectivity index (χ0) is 26.6. The fraction of sp³-hybridized carbons (Fsp3) is 0.429. The van der Waals surface area contributed by atoms with Crippen LogP contribution in [0.1, 0.15) is 79.4 Å². The highest BCUT2D eigenvalue weighted by atomic mass is 35.5. The van der Waals surface area contributed by atoms with Crippen LogP contribution in [0.25, 0.3) is 0 Å². The van der Waals surface area contributed by atoms with Crippen molar-refractivity contribution in [2.24, 2.45) is 4.99 Å². The molecule has 2 amide bonds. The third kappa shape index (κ3) is 5.83. The van der Waals surface area contributed by atoms with Crippen molar-refractivity contribution in [1.29, 1.82) is 0 Å². The maximum Gasteiger partial charge on any atom is 0.307 e. The molecule has 9 heteroatoms. The summed E-state index contributed by atoms with van der Waals surface area (Å²) in [4.78, 5) is 44.8. The molecule has 0 saturated heterocycles. The number of esters is 1. The van der Waals surface area contributed by atoms with Gasteiger partial charge in [0, 0.05) is 27.7 Å². The number of carbonyl (C=O) groups excluding carboxylic acids is 3. The number of rotatable bonds is 9. The molecule has 1 spiro atoms. The summed E-state index contributed by atoms with van der Waals surface area (Å²) < 4.78 is 4.60. The number of carbonyl (C=O) groups is 3. The summed E-state index contributed by atoms with van der Waals surface area (Å²) in [6.07, 6.45) is 5.35. The molecule has 0 bridgehead atoms. The van der Waals surface area contributed by atoms with E-state index in [0.29, 0.717) is 26.9 Å². The van der Waals surface area contributed by atoms with Gasteiger partial charge >= 0.3 is 5.97 Å². The number of aliphatic imine (C=N–C) groups is 1. The molecule has 1 atom stereocenters. The number of hydrogen-bond donors (Lipinski definition) is 1. The van der Waals surface area contributed by atoms with Crippen LogP contribution in [0.15, 0.2) is 47.5 Å². The Kier molecular flexibility index (Phi) is 8.55. The van der Waals surface area contributed by atoms with Gasteiger partial charge in [0.05, 0.1) is 19.6 Å². The Bertz CT molecular complexity index is 1190. The van der Waals surface area contributed by atoms with Gasteiger partial charge < -0.3 is 15.0 Å². The molecule has 1 saturated carbocycles. The highest BCUT2D eigenvalue weighted by molar-refractivity contribution is 6.47. The predicted octanol–water partition coefficient (Wildman–Crippen LogP) is 5.73. The van der Waals surface area contributed by atoms with Crippen LogP contribution in [0, 0.1) is 0 Å². The van der Waals surface area contributed by atoms with Crippen LogP contribution < -0.4 is 5.32 Å². The quantitative estimate of drug-likeness (QED) is 0.409. The zero-order valence-electron chi connectivity index (χ0n) is 21.1. The van der Waals surface area contributed by atoms with E-state index in [2.05, 4.69) is 17.0 Å². The summed E-state index contributed by atoms with van der Waals surface area (Å²) in [5.74, 6) is -0.769. The van der Waals surface area contributed by atoms with Crippen LogP contribution in [0.4, 0.5) is 0 Å². The van der Waals surface area contributed by atoms with Gasteiger partial charge in [-0.15, -0.1) is 0 Å². The van der Waals surface area contributed by atoms with Crippen molar-refractivity contribution in [3.8, 4) is 0 Å². The lowest BCUT2D eigenvalue weighted by molar-refractivity contribution is -0.140. The van der Waals surface area contributed by atoms with E-state index in [4.69, 9.17) is 28.2 Å². The first-order chi connectivity index (χ1) is 17.8. The Morgan fingerprint density at radius 3 is 2.35 bits per heavy atom. The molecule has 1 unspecified atom stereocenters. The molecule has 2 aromatic carbocycles. The lowest BCUT2D eigenvalue weighted by atomic mass is 9.95. The predicted molar refractivity (Wildman–Crippen MR) is 144 cm³/mol. The molecule has 1 N–H and O–H groups in total. The number of methoxy groups -OCH3 is 1. The van der Waals surface area contributed by atoms with Gasteiger partial charge in [-0.25, -0.2) is 0 Å². The summed E-state index contributed by atoms with van der Waals surface area (Å²) in [6.45, 7) is 2.29. The number of amides is 2. The summed E-state index contributed by atoms with van der Waals surface area (Å²) in [6, 6.07) is 12.2. The van der Waals surface area contributed by atoms with Gasteiger partial charge in [-0.1, -0.05) is 48.7 Å². The van der Waals surface area contributed by atoms with E-state index < -0.39 is 5.66 Å². The second-order valence-corrected chi connectivity index (χ2v) is 10.4. The third-order valence-electron chi connectivity index (χ3n) is 7.00. The van der Waals surface area contributed by atoms with E-state index in [-0.39, 0.29) is 36.8 Å². The Balaban J connectivity index is 1.61. The van der Waals surface area contributed by atoms with E-state index in [9.17, 15) is 14.4 Å². The number of hydrogen-bond acceptors (Lipinski definition) is 5. The molecule has 7 nitrogen and oxygen atoms in total. The lowest BCUT2D eigenvalue weighted by Gasteiger charge is -2.39.